The number of anilines is 1. The summed E-state index contributed by atoms with van der Waals surface area (Å²) in [6, 6.07) is 5.44. The van der Waals surface area contributed by atoms with Gasteiger partial charge in [-0.05, 0) is 31.4 Å². The number of rotatable bonds is 10. The number of thiazole rings is 1. The summed E-state index contributed by atoms with van der Waals surface area (Å²) in [5.74, 6) is 0.872. The summed E-state index contributed by atoms with van der Waals surface area (Å²) in [7, 11) is 0. The van der Waals surface area contributed by atoms with Gasteiger partial charge in [-0.1, -0.05) is 48.3 Å². The van der Waals surface area contributed by atoms with Crippen molar-refractivity contribution in [2.75, 3.05) is 11.4 Å². The van der Waals surface area contributed by atoms with Crippen LogP contribution in [0, 0.1) is 12.8 Å². The van der Waals surface area contributed by atoms with Crippen LogP contribution in [0.5, 0.6) is 0 Å². The van der Waals surface area contributed by atoms with Crippen molar-refractivity contribution in [2.24, 2.45) is 5.92 Å². The van der Waals surface area contributed by atoms with Crippen molar-refractivity contribution < 1.29 is 14.1 Å². The minimum absolute atomic E-state index is 0.0673. The molecule has 3 aromatic rings. The van der Waals surface area contributed by atoms with Gasteiger partial charge in [0.2, 0.25) is 5.89 Å². The van der Waals surface area contributed by atoms with Gasteiger partial charge < -0.3 is 9.42 Å². The normalized spacial score (nSPS) is 11.2. The van der Waals surface area contributed by atoms with E-state index in [-0.39, 0.29) is 13.0 Å². The van der Waals surface area contributed by atoms with Crippen molar-refractivity contribution in [2.45, 2.75) is 40.2 Å². The highest BCUT2D eigenvalue weighted by atomic mass is 35.5. The molecule has 0 amide bonds. The number of hydrogen-bond acceptors (Lipinski definition) is 8. The van der Waals surface area contributed by atoms with E-state index in [1.807, 2.05) is 11.0 Å². The molecule has 0 spiro atoms. The second-order valence-corrected chi connectivity index (χ2v) is 9.36. The number of benzene rings is 1. The van der Waals surface area contributed by atoms with Crippen LogP contribution in [0.4, 0.5) is 5.13 Å². The third-order valence-corrected chi connectivity index (χ3v) is 6.28. The number of aldehydes is 1. The lowest BCUT2D eigenvalue weighted by atomic mass is 10.0. The van der Waals surface area contributed by atoms with E-state index in [0.29, 0.717) is 45.6 Å². The average Bonchev–Trinajstić information content (AvgIpc) is 3.32. The van der Waals surface area contributed by atoms with Crippen LogP contribution < -0.4 is 4.90 Å². The lowest BCUT2D eigenvalue weighted by Gasteiger charge is -2.19. The zero-order chi connectivity index (χ0) is 22.5. The van der Waals surface area contributed by atoms with Gasteiger partial charge in [0.25, 0.3) is 0 Å². The standard InChI is InChI=1S/C21H22Cl2N4O3S/c1-12(2)8-18-20(14-4-5-16(22)17(23)9-14)25-21(31-18)27(7-6-15(29)11-28)10-19-24-13(3)26-30-19/h4-5,9,11-12H,6-8,10H2,1-3H3. The highest BCUT2D eigenvalue weighted by Gasteiger charge is 2.21. The van der Waals surface area contributed by atoms with Crippen LogP contribution in [-0.4, -0.2) is 33.7 Å². The molecule has 0 aliphatic rings. The molecule has 2 aromatic heterocycles. The summed E-state index contributed by atoms with van der Waals surface area (Å²) < 4.78 is 5.25. The molecule has 0 atom stereocenters. The zero-order valence-corrected chi connectivity index (χ0v) is 19.7. The predicted octanol–water partition coefficient (Wildman–Crippen LogP) is 5.17. The molecular formula is C21H22Cl2N4O3S. The number of carbonyl (C=O) groups is 2. The summed E-state index contributed by atoms with van der Waals surface area (Å²) in [5, 5.41) is 5.46. The van der Waals surface area contributed by atoms with E-state index in [2.05, 4.69) is 24.0 Å². The molecule has 7 nitrogen and oxygen atoms in total. The lowest BCUT2D eigenvalue weighted by molar-refractivity contribution is -0.129. The van der Waals surface area contributed by atoms with Gasteiger partial charge in [0.1, 0.15) is 0 Å². The monoisotopic (exact) mass is 480 g/mol. The molecule has 0 saturated heterocycles. The van der Waals surface area contributed by atoms with Crippen molar-refractivity contribution in [3.05, 3.63) is 44.8 Å². The zero-order valence-electron chi connectivity index (χ0n) is 17.4. The fourth-order valence-corrected chi connectivity index (χ4v) is 4.58. The molecule has 31 heavy (non-hydrogen) atoms. The van der Waals surface area contributed by atoms with Crippen LogP contribution >= 0.6 is 34.5 Å². The molecule has 2 heterocycles. The van der Waals surface area contributed by atoms with Crippen molar-refractivity contribution >= 4 is 51.7 Å². The Hall–Kier alpha value is -2.29. The minimum Gasteiger partial charge on any atom is -0.338 e. The van der Waals surface area contributed by atoms with Crippen molar-refractivity contribution in [3.8, 4) is 11.3 Å². The van der Waals surface area contributed by atoms with E-state index in [1.54, 1.807) is 19.1 Å². The molecule has 0 radical (unpaired) electrons. The number of nitrogens with zero attached hydrogens (tertiary/aromatic N) is 4. The summed E-state index contributed by atoms with van der Waals surface area (Å²) in [6.07, 6.45) is 1.23. The number of aryl methyl sites for hydroxylation is 1. The Morgan fingerprint density at radius 3 is 2.65 bits per heavy atom. The number of carbonyl (C=O) groups excluding carboxylic acids is 2. The fraction of sp³-hybridized carbons (Fsp3) is 0.381. The third kappa shape index (κ3) is 6.12. The third-order valence-electron chi connectivity index (χ3n) is 4.40. The highest BCUT2D eigenvalue weighted by Crippen LogP contribution is 2.37. The molecule has 3 rings (SSSR count). The van der Waals surface area contributed by atoms with Gasteiger partial charge in [-0.15, -0.1) is 11.3 Å². The highest BCUT2D eigenvalue weighted by molar-refractivity contribution is 7.16. The Morgan fingerprint density at radius 1 is 1.26 bits per heavy atom. The molecule has 0 saturated carbocycles. The summed E-state index contributed by atoms with van der Waals surface area (Å²) in [6.45, 7) is 6.59. The van der Waals surface area contributed by atoms with Crippen molar-refractivity contribution in [3.63, 3.8) is 0 Å². The van der Waals surface area contributed by atoms with Crippen LogP contribution in [0.15, 0.2) is 22.7 Å². The van der Waals surface area contributed by atoms with Gasteiger partial charge in [0, 0.05) is 23.4 Å². The maximum atomic E-state index is 11.6. The Balaban J connectivity index is 2.00. The predicted molar refractivity (Wildman–Crippen MR) is 122 cm³/mol. The average molecular weight is 481 g/mol. The largest absolute Gasteiger partial charge is 0.338 e. The molecule has 164 valence electrons. The maximum Gasteiger partial charge on any atom is 0.246 e. The minimum atomic E-state index is -0.477. The number of Topliss-reactive ketones (excluding diaryl/α,β-unsaturated/α-hetero) is 1. The fourth-order valence-electron chi connectivity index (χ4n) is 2.97. The Labute approximate surface area is 194 Å². The Morgan fingerprint density at radius 2 is 2.03 bits per heavy atom. The van der Waals surface area contributed by atoms with Gasteiger partial charge >= 0.3 is 0 Å². The second-order valence-electron chi connectivity index (χ2n) is 7.49. The van der Waals surface area contributed by atoms with Crippen LogP contribution in [0.1, 0.15) is 36.9 Å². The van der Waals surface area contributed by atoms with Gasteiger partial charge in [-0.3, -0.25) is 9.59 Å². The second kappa shape index (κ2) is 10.3. The van der Waals surface area contributed by atoms with E-state index >= 15 is 0 Å². The number of ketones is 1. The molecule has 0 unspecified atom stereocenters. The molecule has 0 bridgehead atoms. The van der Waals surface area contributed by atoms with E-state index in [0.717, 1.165) is 22.6 Å². The van der Waals surface area contributed by atoms with Gasteiger partial charge in [0.15, 0.2) is 23.0 Å². The SMILES string of the molecule is Cc1noc(CN(CCC(=O)C=O)c2nc(-c3ccc(Cl)c(Cl)c3)c(CC(C)C)s2)n1. The first-order valence-electron chi connectivity index (χ1n) is 9.74. The molecule has 10 heteroatoms. The molecule has 0 aliphatic heterocycles. The molecule has 0 N–H and O–H groups in total. The molecule has 1 aromatic carbocycles. The van der Waals surface area contributed by atoms with Crippen molar-refractivity contribution in [1.82, 2.24) is 15.1 Å². The first kappa shape index (κ1) is 23.4. The van der Waals surface area contributed by atoms with E-state index in [4.69, 9.17) is 32.7 Å². The molecule has 0 fully saturated rings. The van der Waals surface area contributed by atoms with Crippen molar-refractivity contribution in [1.29, 1.82) is 0 Å². The number of aromatic nitrogens is 3. The topological polar surface area (TPSA) is 89.2 Å². The quantitative estimate of drug-likeness (QED) is 0.292. The molecule has 0 aliphatic carbocycles. The first-order chi connectivity index (χ1) is 14.8. The van der Waals surface area contributed by atoms with E-state index in [9.17, 15) is 9.59 Å². The Bertz CT molecular complexity index is 1080. The van der Waals surface area contributed by atoms with Gasteiger partial charge in [-0.25, -0.2) is 4.98 Å². The molecular weight excluding hydrogens is 459 g/mol. The van der Waals surface area contributed by atoms with E-state index < -0.39 is 5.78 Å². The number of hydrogen-bond donors (Lipinski definition) is 0. The van der Waals surface area contributed by atoms with Gasteiger partial charge in [-0.2, -0.15) is 4.98 Å². The maximum absolute atomic E-state index is 11.6. The van der Waals surface area contributed by atoms with Crippen LogP contribution in [-0.2, 0) is 22.6 Å². The summed E-state index contributed by atoms with van der Waals surface area (Å²) in [4.78, 5) is 34.5. The number of halogens is 2. The van der Waals surface area contributed by atoms with E-state index in [1.165, 1.54) is 11.3 Å². The Kier molecular flexibility index (Phi) is 7.80. The van der Waals surface area contributed by atoms with Crippen LogP contribution in [0.3, 0.4) is 0 Å². The lowest BCUT2D eigenvalue weighted by Crippen LogP contribution is -2.26. The van der Waals surface area contributed by atoms with Crippen LogP contribution in [0.2, 0.25) is 10.0 Å². The van der Waals surface area contributed by atoms with Gasteiger partial charge in [0.05, 0.1) is 22.3 Å². The smallest absolute Gasteiger partial charge is 0.246 e. The van der Waals surface area contributed by atoms with Crippen LogP contribution in [0.25, 0.3) is 11.3 Å². The first-order valence-corrected chi connectivity index (χ1v) is 11.3. The summed E-state index contributed by atoms with van der Waals surface area (Å²) in [5.41, 5.74) is 1.69. The summed E-state index contributed by atoms with van der Waals surface area (Å²) >= 11 is 13.9.